The highest BCUT2D eigenvalue weighted by atomic mass is 79.9. The van der Waals surface area contributed by atoms with E-state index in [1.54, 1.807) is 6.07 Å². The minimum absolute atomic E-state index is 0.180. The molecule has 0 aliphatic carbocycles. The summed E-state index contributed by atoms with van der Waals surface area (Å²) in [6, 6.07) is 13.9. The Morgan fingerprint density at radius 2 is 1.85 bits per heavy atom. The zero-order valence-corrected chi connectivity index (χ0v) is 13.4. The van der Waals surface area contributed by atoms with Gasteiger partial charge in [-0.1, -0.05) is 53.2 Å². The zero-order valence-electron chi connectivity index (χ0n) is 11.8. The van der Waals surface area contributed by atoms with E-state index in [1.807, 2.05) is 6.07 Å². The molecule has 0 aromatic heterocycles. The van der Waals surface area contributed by atoms with E-state index in [0.29, 0.717) is 12.1 Å². The molecule has 0 bridgehead atoms. The van der Waals surface area contributed by atoms with Crippen molar-refractivity contribution in [2.45, 2.75) is 32.9 Å². The zero-order chi connectivity index (χ0) is 14.5. The van der Waals surface area contributed by atoms with Crippen LogP contribution in [0.25, 0.3) is 0 Å². The van der Waals surface area contributed by atoms with Gasteiger partial charge in [0.05, 0.1) is 0 Å². The van der Waals surface area contributed by atoms with Gasteiger partial charge in [0, 0.05) is 22.6 Å². The Bertz CT molecular complexity index is 566. The molecule has 0 aliphatic rings. The molecule has 20 heavy (non-hydrogen) atoms. The summed E-state index contributed by atoms with van der Waals surface area (Å²) in [5, 5.41) is 3.36. The van der Waals surface area contributed by atoms with Crippen LogP contribution in [0.4, 0.5) is 4.39 Å². The lowest BCUT2D eigenvalue weighted by Crippen LogP contribution is -2.18. The van der Waals surface area contributed by atoms with Crippen molar-refractivity contribution < 1.29 is 4.39 Å². The number of hydrogen-bond acceptors (Lipinski definition) is 1. The molecule has 0 spiro atoms. The lowest BCUT2D eigenvalue weighted by molar-refractivity contribution is 0.544. The molecule has 0 heterocycles. The highest BCUT2D eigenvalue weighted by Crippen LogP contribution is 2.18. The molecule has 1 unspecified atom stereocenters. The number of aryl methyl sites for hydroxylation is 1. The number of halogens is 2. The third-order valence-corrected chi connectivity index (χ3v) is 4.00. The number of rotatable bonds is 5. The predicted octanol–water partition coefficient (Wildman–Crippen LogP) is 5.00. The van der Waals surface area contributed by atoms with Crippen LogP contribution in [0.1, 0.15) is 36.6 Å². The van der Waals surface area contributed by atoms with Crippen molar-refractivity contribution in [2.24, 2.45) is 0 Å². The second kappa shape index (κ2) is 7.00. The first-order valence-corrected chi connectivity index (χ1v) is 7.65. The minimum atomic E-state index is -0.180. The van der Waals surface area contributed by atoms with Crippen molar-refractivity contribution in [3.05, 3.63) is 69.4 Å². The third-order valence-electron chi connectivity index (χ3n) is 3.50. The van der Waals surface area contributed by atoms with Crippen LogP contribution in [0.2, 0.25) is 0 Å². The first kappa shape index (κ1) is 15.2. The molecule has 2 aromatic rings. The standard InChI is InChI=1S/C17H19BrFN/c1-3-13-4-6-14(7-5-13)12(2)20-11-15-8-9-16(18)10-17(15)19/h4-10,12,20H,3,11H2,1-2H3. The van der Waals surface area contributed by atoms with Crippen LogP contribution in [0.5, 0.6) is 0 Å². The molecule has 0 radical (unpaired) electrons. The Kier molecular flexibility index (Phi) is 5.32. The van der Waals surface area contributed by atoms with Crippen LogP contribution < -0.4 is 5.32 Å². The summed E-state index contributed by atoms with van der Waals surface area (Å²) in [5.74, 6) is -0.180. The van der Waals surface area contributed by atoms with Crippen LogP contribution in [0, 0.1) is 5.82 Å². The largest absolute Gasteiger partial charge is 0.306 e. The van der Waals surface area contributed by atoms with Gasteiger partial charge in [0.25, 0.3) is 0 Å². The molecule has 1 N–H and O–H groups in total. The van der Waals surface area contributed by atoms with E-state index in [-0.39, 0.29) is 11.9 Å². The highest BCUT2D eigenvalue weighted by molar-refractivity contribution is 9.10. The molecule has 0 aliphatic heterocycles. The lowest BCUT2D eigenvalue weighted by Gasteiger charge is -2.15. The smallest absolute Gasteiger partial charge is 0.128 e. The Hall–Kier alpha value is -1.19. The van der Waals surface area contributed by atoms with Gasteiger partial charge in [-0.2, -0.15) is 0 Å². The van der Waals surface area contributed by atoms with Gasteiger partial charge in [0.15, 0.2) is 0 Å². The maximum atomic E-state index is 13.7. The molecular weight excluding hydrogens is 317 g/mol. The fraction of sp³-hybridized carbons (Fsp3) is 0.294. The second-order valence-electron chi connectivity index (χ2n) is 4.93. The molecule has 106 valence electrons. The summed E-state index contributed by atoms with van der Waals surface area (Å²) in [6.07, 6.45) is 1.05. The van der Waals surface area contributed by atoms with Gasteiger partial charge in [0.2, 0.25) is 0 Å². The average molecular weight is 336 g/mol. The molecule has 2 rings (SSSR count). The van der Waals surface area contributed by atoms with Crippen LogP contribution >= 0.6 is 15.9 Å². The van der Waals surface area contributed by atoms with E-state index in [2.05, 4.69) is 59.4 Å². The summed E-state index contributed by atoms with van der Waals surface area (Å²) in [4.78, 5) is 0. The molecule has 3 heteroatoms. The van der Waals surface area contributed by atoms with Crippen LogP contribution in [0.3, 0.4) is 0 Å². The van der Waals surface area contributed by atoms with Gasteiger partial charge in [-0.25, -0.2) is 4.39 Å². The van der Waals surface area contributed by atoms with Crippen molar-refractivity contribution >= 4 is 15.9 Å². The maximum absolute atomic E-state index is 13.7. The summed E-state index contributed by atoms with van der Waals surface area (Å²) >= 11 is 3.27. The van der Waals surface area contributed by atoms with E-state index < -0.39 is 0 Å². The van der Waals surface area contributed by atoms with Crippen molar-refractivity contribution in [3.8, 4) is 0 Å². The van der Waals surface area contributed by atoms with Crippen molar-refractivity contribution in [3.63, 3.8) is 0 Å². The molecule has 0 amide bonds. The number of benzene rings is 2. The fourth-order valence-electron chi connectivity index (χ4n) is 2.09. The average Bonchev–Trinajstić information content (AvgIpc) is 2.46. The van der Waals surface area contributed by atoms with Crippen LogP contribution in [0.15, 0.2) is 46.9 Å². The normalized spacial score (nSPS) is 12.4. The SMILES string of the molecule is CCc1ccc(C(C)NCc2ccc(Br)cc2F)cc1. The quantitative estimate of drug-likeness (QED) is 0.810. The Balaban J connectivity index is 1.98. The summed E-state index contributed by atoms with van der Waals surface area (Å²) in [5.41, 5.74) is 3.24. The monoisotopic (exact) mass is 335 g/mol. The van der Waals surface area contributed by atoms with E-state index in [4.69, 9.17) is 0 Å². The van der Waals surface area contributed by atoms with E-state index >= 15 is 0 Å². The fourth-order valence-corrected chi connectivity index (χ4v) is 2.42. The van der Waals surface area contributed by atoms with Crippen molar-refractivity contribution in [1.82, 2.24) is 5.32 Å². The van der Waals surface area contributed by atoms with Gasteiger partial charge in [-0.05, 0) is 36.6 Å². The first-order chi connectivity index (χ1) is 9.60. The van der Waals surface area contributed by atoms with Gasteiger partial charge in [-0.15, -0.1) is 0 Å². The molecule has 2 aromatic carbocycles. The van der Waals surface area contributed by atoms with Crippen molar-refractivity contribution in [2.75, 3.05) is 0 Å². The molecule has 1 atom stereocenters. The van der Waals surface area contributed by atoms with Gasteiger partial charge >= 0.3 is 0 Å². The topological polar surface area (TPSA) is 12.0 Å². The second-order valence-corrected chi connectivity index (χ2v) is 5.85. The Morgan fingerprint density at radius 1 is 1.15 bits per heavy atom. The Labute approximate surface area is 128 Å². The van der Waals surface area contributed by atoms with Gasteiger partial charge < -0.3 is 5.32 Å². The Morgan fingerprint density at radius 3 is 2.45 bits per heavy atom. The van der Waals surface area contributed by atoms with Gasteiger partial charge in [0.1, 0.15) is 5.82 Å². The molecular formula is C17H19BrFN. The first-order valence-electron chi connectivity index (χ1n) is 6.86. The minimum Gasteiger partial charge on any atom is -0.306 e. The molecule has 0 saturated heterocycles. The summed E-state index contributed by atoms with van der Waals surface area (Å²) in [7, 11) is 0. The molecule has 0 fully saturated rings. The van der Waals surface area contributed by atoms with E-state index in [0.717, 1.165) is 10.9 Å². The van der Waals surface area contributed by atoms with Gasteiger partial charge in [-0.3, -0.25) is 0 Å². The maximum Gasteiger partial charge on any atom is 0.128 e. The van der Waals surface area contributed by atoms with Crippen LogP contribution in [-0.4, -0.2) is 0 Å². The lowest BCUT2D eigenvalue weighted by atomic mass is 10.0. The highest BCUT2D eigenvalue weighted by Gasteiger charge is 2.07. The molecule has 0 saturated carbocycles. The number of nitrogens with one attached hydrogen (secondary N) is 1. The van der Waals surface area contributed by atoms with Crippen LogP contribution in [-0.2, 0) is 13.0 Å². The number of hydrogen-bond donors (Lipinski definition) is 1. The molecule has 1 nitrogen and oxygen atoms in total. The van der Waals surface area contributed by atoms with E-state index in [9.17, 15) is 4.39 Å². The van der Waals surface area contributed by atoms with Crippen molar-refractivity contribution in [1.29, 1.82) is 0 Å². The predicted molar refractivity (Wildman–Crippen MR) is 85.2 cm³/mol. The summed E-state index contributed by atoms with van der Waals surface area (Å²) < 4.78 is 14.5. The summed E-state index contributed by atoms with van der Waals surface area (Å²) in [6.45, 7) is 4.76. The third kappa shape index (κ3) is 3.90. The van der Waals surface area contributed by atoms with E-state index in [1.165, 1.54) is 17.2 Å².